The molecule has 18 heavy (non-hydrogen) atoms. The lowest BCUT2D eigenvalue weighted by atomic mass is 10.1. The van der Waals surface area contributed by atoms with Crippen molar-refractivity contribution in [2.45, 2.75) is 6.54 Å². The number of nitrogens with one attached hydrogen (secondary N) is 2. The summed E-state index contributed by atoms with van der Waals surface area (Å²) >= 11 is 0. The highest BCUT2D eigenvalue weighted by Gasteiger charge is 2.16. The largest absolute Gasteiger partial charge is 0.325 e. The van der Waals surface area contributed by atoms with Crippen molar-refractivity contribution in [1.82, 2.24) is 15.3 Å². The highest BCUT2D eigenvalue weighted by Crippen LogP contribution is 2.27. The summed E-state index contributed by atoms with van der Waals surface area (Å²) in [5.74, 6) is 0.690. The molecule has 0 amide bonds. The zero-order valence-corrected chi connectivity index (χ0v) is 9.89. The van der Waals surface area contributed by atoms with E-state index in [0.29, 0.717) is 5.82 Å². The Kier molecular flexibility index (Phi) is 2.82. The topological polar surface area (TPSA) is 61.0 Å². The molecule has 5 heteroatoms. The van der Waals surface area contributed by atoms with E-state index in [1.807, 2.05) is 12.1 Å². The Bertz CT molecular complexity index is 608. The third-order valence-electron chi connectivity index (χ3n) is 3.05. The lowest BCUT2D eigenvalue weighted by Gasteiger charge is -2.22. The zero-order chi connectivity index (χ0) is 12.4. The van der Waals surface area contributed by atoms with Gasteiger partial charge in [0.05, 0.1) is 6.33 Å². The second-order valence-electron chi connectivity index (χ2n) is 4.23. The smallest absolute Gasteiger partial charge is 0.252 e. The molecule has 0 fully saturated rings. The molecule has 0 saturated carbocycles. The maximum atomic E-state index is 11.4. The summed E-state index contributed by atoms with van der Waals surface area (Å²) < 4.78 is 0. The number of rotatable bonds is 1. The molecule has 2 heterocycles. The van der Waals surface area contributed by atoms with Crippen LogP contribution >= 0.6 is 0 Å². The van der Waals surface area contributed by atoms with Gasteiger partial charge in [-0.15, -0.1) is 0 Å². The summed E-state index contributed by atoms with van der Waals surface area (Å²) in [5.41, 5.74) is 2.20. The summed E-state index contributed by atoms with van der Waals surface area (Å²) in [6.07, 6.45) is 1.44. The van der Waals surface area contributed by atoms with E-state index < -0.39 is 0 Å². The molecule has 0 unspecified atom stereocenters. The zero-order valence-electron chi connectivity index (χ0n) is 9.89. The van der Waals surface area contributed by atoms with E-state index in [9.17, 15) is 4.79 Å². The van der Waals surface area contributed by atoms with Crippen LogP contribution in [0.15, 0.2) is 41.5 Å². The Labute approximate surface area is 104 Å². The molecule has 1 aromatic carbocycles. The quantitative estimate of drug-likeness (QED) is 0.783. The first kappa shape index (κ1) is 11.0. The van der Waals surface area contributed by atoms with Crippen LogP contribution in [0.25, 0.3) is 0 Å². The van der Waals surface area contributed by atoms with E-state index in [1.54, 1.807) is 0 Å². The molecular formula is C13H14N4O. The van der Waals surface area contributed by atoms with Crippen LogP contribution < -0.4 is 15.8 Å². The third-order valence-corrected chi connectivity index (χ3v) is 3.05. The van der Waals surface area contributed by atoms with Crippen LogP contribution in [-0.4, -0.2) is 23.1 Å². The Morgan fingerprint density at radius 1 is 1.28 bits per heavy atom. The summed E-state index contributed by atoms with van der Waals surface area (Å²) in [5, 5.41) is 3.36. The van der Waals surface area contributed by atoms with Crippen molar-refractivity contribution in [3.05, 3.63) is 52.6 Å². The van der Waals surface area contributed by atoms with Crippen molar-refractivity contribution in [2.75, 3.05) is 18.0 Å². The molecule has 2 aromatic rings. The van der Waals surface area contributed by atoms with Crippen molar-refractivity contribution in [1.29, 1.82) is 0 Å². The van der Waals surface area contributed by atoms with Gasteiger partial charge >= 0.3 is 0 Å². The van der Waals surface area contributed by atoms with Gasteiger partial charge in [0.2, 0.25) is 0 Å². The van der Waals surface area contributed by atoms with Crippen molar-refractivity contribution >= 4 is 11.5 Å². The maximum Gasteiger partial charge on any atom is 0.252 e. The third kappa shape index (κ3) is 2.00. The minimum Gasteiger partial charge on any atom is -0.325 e. The van der Waals surface area contributed by atoms with E-state index in [4.69, 9.17) is 0 Å². The fourth-order valence-electron chi connectivity index (χ4n) is 2.20. The van der Waals surface area contributed by atoms with E-state index in [0.717, 1.165) is 25.3 Å². The number of aromatic amines is 1. The molecule has 0 saturated heterocycles. The fraction of sp³-hybridized carbons (Fsp3) is 0.231. The Hall–Kier alpha value is -2.14. The molecule has 1 aliphatic rings. The standard InChI is InChI=1S/C13H14N4O/c18-13-7-12(15-9-16-13)17-6-5-14-8-10-3-1-2-4-11(10)17/h1-4,7,9,14H,5-6,8H2,(H,15,16,18). The predicted molar refractivity (Wildman–Crippen MR) is 70.0 cm³/mol. The monoisotopic (exact) mass is 242 g/mol. The van der Waals surface area contributed by atoms with Crippen molar-refractivity contribution in [2.24, 2.45) is 0 Å². The number of hydrogen-bond acceptors (Lipinski definition) is 4. The lowest BCUT2D eigenvalue weighted by molar-refractivity contribution is 0.710. The Morgan fingerprint density at radius 2 is 2.17 bits per heavy atom. The summed E-state index contributed by atoms with van der Waals surface area (Å²) in [7, 11) is 0. The first-order chi connectivity index (χ1) is 8.84. The number of para-hydroxylation sites is 1. The Balaban J connectivity index is 2.09. The van der Waals surface area contributed by atoms with Crippen LogP contribution in [0.4, 0.5) is 11.5 Å². The van der Waals surface area contributed by atoms with Gasteiger partial charge in [-0.05, 0) is 11.6 Å². The molecule has 0 atom stereocenters. The average molecular weight is 242 g/mol. The summed E-state index contributed by atoms with van der Waals surface area (Å²) in [6.45, 7) is 2.51. The number of aromatic nitrogens is 2. The molecule has 5 nitrogen and oxygen atoms in total. The molecule has 2 N–H and O–H groups in total. The number of H-pyrrole nitrogens is 1. The van der Waals surface area contributed by atoms with E-state index in [2.05, 4.69) is 32.3 Å². The highest BCUT2D eigenvalue weighted by molar-refractivity contribution is 5.64. The molecular weight excluding hydrogens is 228 g/mol. The minimum absolute atomic E-state index is 0.130. The number of hydrogen-bond donors (Lipinski definition) is 2. The van der Waals surface area contributed by atoms with Crippen LogP contribution in [-0.2, 0) is 6.54 Å². The molecule has 0 bridgehead atoms. The Morgan fingerprint density at radius 3 is 3.06 bits per heavy atom. The average Bonchev–Trinajstić information content (AvgIpc) is 2.61. The summed E-state index contributed by atoms with van der Waals surface area (Å²) in [6, 6.07) is 9.71. The van der Waals surface area contributed by atoms with E-state index in [1.165, 1.54) is 18.0 Å². The molecule has 1 aromatic heterocycles. The van der Waals surface area contributed by atoms with Gasteiger partial charge < -0.3 is 15.2 Å². The van der Waals surface area contributed by atoms with Gasteiger partial charge in [-0.1, -0.05) is 18.2 Å². The van der Waals surface area contributed by atoms with Crippen molar-refractivity contribution < 1.29 is 0 Å². The maximum absolute atomic E-state index is 11.4. The van der Waals surface area contributed by atoms with Gasteiger partial charge in [0.15, 0.2) is 0 Å². The van der Waals surface area contributed by atoms with Crippen molar-refractivity contribution in [3.63, 3.8) is 0 Å². The van der Waals surface area contributed by atoms with Crippen LogP contribution in [0.2, 0.25) is 0 Å². The highest BCUT2D eigenvalue weighted by atomic mass is 16.1. The van der Waals surface area contributed by atoms with E-state index in [-0.39, 0.29) is 5.56 Å². The minimum atomic E-state index is -0.130. The first-order valence-corrected chi connectivity index (χ1v) is 5.95. The lowest BCUT2D eigenvalue weighted by Crippen LogP contribution is -2.26. The normalized spacial score (nSPS) is 15.0. The van der Waals surface area contributed by atoms with Gasteiger partial charge in [-0.3, -0.25) is 4.79 Å². The molecule has 3 rings (SSSR count). The number of benzene rings is 1. The van der Waals surface area contributed by atoms with Gasteiger partial charge in [-0.25, -0.2) is 4.98 Å². The van der Waals surface area contributed by atoms with Gasteiger partial charge in [0, 0.05) is 31.4 Å². The molecule has 0 radical (unpaired) electrons. The second-order valence-corrected chi connectivity index (χ2v) is 4.23. The van der Waals surface area contributed by atoms with Gasteiger partial charge in [0.1, 0.15) is 5.82 Å². The van der Waals surface area contributed by atoms with Crippen LogP contribution in [0.1, 0.15) is 5.56 Å². The van der Waals surface area contributed by atoms with Crippen molar-refractivity contribution in [3.8, 4) is 0 Å². The fourth-order valence-corrected chi connectivity index (χ4v) is 2.20. The van der Waals surface area contributed by atoms with Crippen LogP contribution in [0, 0.1) is 0 Å². The molecule has 0 spiro atoms. The number of nitrogens with zero attached hydrogens (tertiary/aromatic N) is 2. The SMILES string of the molecule is O=c1cc(N2CCNCc3ccccc32)nc[nH]1. The molecule has 92 valence electrons. The molecule has 1 aliphatic heterocycles. The molecule has 0 aliphatic carbocycles. The number of fused-ring (bicyclic) bond motifs is 1. The first-order valence-electron chi connectivity index (χ1n) is 5.95. The van der Waals surface area contributed by atoms with E-state index >= 15 is 0 Å². The predicted octanol–water partition coefficient (Wildman–Crippen LogP) is 1.01. The van der Waals surface area contributed by atoms with Crippen LogP contribution in [0.5, 0.6) is 0 Å². The number of anilines is 2. The van der Waals surface area contributed by atoms with Gasteiger partial charge in [-0.2, -0.15) is 0 Å². The second kappa shape index (κ2) is 4.62. The summed E-state index contributed by atoms with van der Waals surface area (Å²) in [4.78, 5) is 20.3. The van der Waals surface area contributed by atoms with Gasteiger partial charge in [0.25, 0.3) is 5.56 Å². The van der Waals surface area contributed by atoms with Crippen LogP contribution in [0.3, 0.4) is 0 Å².